The summed E-state index contributed by atoms with van der Waals surface area (Å²) in [7, 11) is -3.43. The van der Waals surface area contributed by atoms with Crippen molar-refractivity contribution in [3.8, 4) is 0 Å². The second kappa shape index (κ2) is 8.26. The van der Waals surface area contributed by atoms with Crippen LogP contribution in [0.5, 0.6) is 0 Å². The predicted molar refractivity (Wildman–Crippen MR) is 94.9 cm³/mol. The summed E-state index contributed by atoms with van der Waals surface area (Å²) in [5, 5.41) is 0. The van der Waals surface area contributed by atoms with E-state index >= 15 is 0 Å². The molecule has 1 saturated heterocycles. The summed E-state index contributed by atoms with van der Waals surface area (Å²) in [5.74, 6) is -0.0682. The number of carbonyl (C=O) groups excluding carboxylic acids is 1. The van der Waals surface area contributed by atoms with E-state index in [4.69, 9.17) is 4.18 Å². The summed E-state index contributed by atoms with van der Waals surface area (Å²) in [4.78, 5) is 13.8. The molecule has 1 amide bonds. The molecule has 0 unspecified atom stereocenters. The average Bonchev–Trinajstić information content (AvgIpc) is 2.52. The van der Waals surface area contributed by atoms with Gasteiger partial charge < -0.3 is 4.90 Å². The minimum Gasteiger partial charge on any atom is -0.339 e. The topological polar surface area (TPSA) is 63.7 Å². The molecule has 1 aliphatic rings. The normalized spacial score (nSPS) is 17.0. The van der Waals surface area contributed by atoms with Gasteiger partial charge in [-0.1, -0.05) is 48.1 Å². The van der Waals surface area contributed by atoms with Crippen molar-refractivity contribution in [2.24, 2.45) is 0 Å². The molecule has 0 radical (unpaired) electrons. The van der Waals surface area contributed by atoms with Gasteiger partial charge in [0.1, 0.15) is 0 Å². The third-order valence-electron chi connectivity index (χ3n) is 3.78. The molecule has 1 aliphatic heterocycles. The van der Waals surface area contributed by atoms with E-state index in [0.717, 1.165) is 11.8 Å². The van der Waals surface area contributed by atoms with Gasteiger partial charge in [-0.2, -0.15) is 8.42 Å². The monoisotopic (exact) mass is 349 g/mol. The number of piperidine rings is 1. The molecule has 6 heteroatoms. The highest BCUT2D eigenvalue weighted by Crippen LogP contribution is 2.15. The van der Waals surface area contributed by atoms with E-state index in [1.54, 1.807) is 11.0 Å². The lowest BCUT2D eigenvalue weighted by atomic mass is 10.1. The van der Waals surface area contributed by atoms with Crippen LogP contribution < -0.4 is 0 Å². The van der Waals surface area contributed by atoms with Crippen molar-refractivity contribution in [3.05, 3.63) is 53.6 Å². The molecule has 0 spiro atoms. The smallest absolute Gasteiger partial charge is 0.264 e. The molecule has 5 nitrogen and oxygen atoms in total. The number of carbonyl (C=O) groups is 1. The highest BCUT2D eigenvalue weighted by atomic mass is 32.2. The van der Waals surface area contributed by atoms with Gasteiger partial charge in [-0.05, 0) is 25.3 Å². The zero-order chi connectivity index (χ0) is 17.6. The van der Waals surface area contributed by atoms with Crippen molar-refractivity contribution >= 4 is 22.1 Å². The van der Waals surface area contributed by atoms with Crippen LogP contribution in [0.2, 0.25) is 0 Å². The molecule has 2 rings (SSSR count). The summed E-state index contributed by atoms with van der Waals surface area (Å²) in [6.45, 7) is 3.05. The van der Waals surface area contributed by atoms with Gasteiger partial charge in [0, 0.05) is 19.2 Å². The molecule has 0 atom stereocenters. The average molecular weight is 349 g/mol. The lowest BCUT2D eigenvalue weighted by Gasteiger charge is -2.30. The standard InChI is InChI=1S/C18H23NO4S/c1-15-7-9-16(10-8-15)5-3-4-6-18(20)19-13-11-17(12-14-19)23-24(2,21)22/h3-10,17H,11-14H2,1-2H3/b5-3+,6-4+. The molecule has 0 aromatic heterocycles. The first-order valence-electron chi connectivity index (χ1n) is 7.92. The quantitative estimate of drug-likeness (QED) is 0.465. The number of amides is 1. The maximum Gasteiger partial charge on any atom is 0.264 e. The van der Waals surface area contributed by atoms with Crippen LogP contribution in [0.25, 0.3) is 6.08 Å². The van der Waals surface area contributed by atoms with Crippen molar-refractivity contribution in [2.75, 3.05) is 19.3 Å². The van der Waals surface area contributed by atoms with Gasteiger partial charge in [0.2, 0.25) is 5.91 Å². The molecule has 0 N–H and O–H groups in total. The number of aryl methyl sites for hydroxylation is 1. The summed E-state index contributed by atoms with van der Waals surface area (Å²) in [6, 6.07) is 8.12. The van der Waals surface area contributed by atoms with E-state index < -0.39 is 10.1 Å². The molecule has 24 heavy (non-hydrogen) atoms. The number of nitrogens with zero attached hydrogens (tertiary/aromatic N) is 1. The number of rotatable bonds is 5. The summed E-state index contributed by atoms with van der Waals surface area (Å²) < 4.78 is 27.2. The lowest BCUT2D eigenvalue weighted by Crippen LogP contribution is -2.40. The first-order chi connectivity index (χ1) is 11.3. The second-order valence-electron chi connectivity index (χ2n) is 5.95. The Hall–Kier alpha value is -1.92. The molecule has 0 aliphatic carbocycles. The van der Waals surface area contributed by atoms with E-state index in [1.807, 2.05) is 43.3 Å². The third kappa shape index (κ3) is 6.29. The molecule has 1 aromatic rings. The molecule has 130 valence electrons. The van der Waals surface area contributed by atoms with E-state index in [0.29, 0.717) is 25.9 Å². The predicted octanol–water partition coefficient (Wildman–Crippen LogP) is 2.53. The largest absolute Gasteiger partial charge is 0.339 e. The fraction of sp³-hybridized carbons (Fsp3) is 0.389. The van der Waals surface area contributed by atoms with Crippen LogP contribution >= 0.6 is 0 Å². The maximum atomic E-state index is 12.1. The summed E-state index contributed by atoms with van der Waals surface area (Å²) in [6.07, 6.45) is 8.82. The number of hydrogen-bond donors (Lipinski definition) is 0. The summed E-state index contributed by atoms with van der Waals surface area (Å²) in [5.41, 5.74) is 2.29. The van der Waals surface area contributed by atoms with Crippen LogP contribution in [0.1, 0.15) is 24.0 Å². The fourth-order valence-corrected chi connectivity index (χ4v) is 3.19. The van der Waals surface area contributed by atoms with E-state index in [2.05, 4.69) is 0 Å². The molecule has 1 fully saturated rings. The number of hydrogen-bond acceptors (Lipinski definition) is 4. The Kier molecular flexibility index (Phi) is 6.34. The van der Waals surface area contributed by atoms with Crippen LogP contribution in [0.4, 0.5) is 0 Å². The highest BCUT2D eigenvalue weighted by molar-refractivity contribution is 7.86. The number of likely N-dealkylation sites (tertiary alicyclic amines) is 1. The molecule has 0 saturated carbocycles. The van der Waals surface area contributed by atoms with Gasteiger partial charge in [-0.3, -0.25) is 8.98 Å². The van der Waals surface area contributed by atoms with E-state index in [-0.39, 0.29) is 12.0 Å². The van der Waals surface area contributed by atoms with Crippen LogP contribution in [-0.2, 0) is 19.1 Å². The Morgan fingerprint density at radius 3 is 2.38 bits per heavy atom. The molecular formula is C18H23NO4S. The zero-order valence-electron chi connectivity index (χ0n) is 14.0. The second-order valence-corrected chi connectivity index (χ2v) is 7.55. The Bertz CT molecular complexity index is 712. The first-order valence-corrected chi connectivity index (χ1v) is 9.74. The zero-order valence-corrected chi connectivity index (χ0v) is 14.8. The SMILES string of the molecule is Cc1ccc(/C=C/C=C/C(=O)N2CCC(OS(C)(=O)=O)CC2)cc1. The molecule has 1 heterocycles. The highest BCUT2D eigenvalue weighted by Gasteiger charge is 2.24. The molecule has 0 bridgehead atoms. The van der Waals surface area contributed by atoms with Crippen molar-refractivity contribution in [1.82, 2.24) is 4.90 Å². The number of benzene rings is 1. The van der Waals surface area contributed by atoms with Gasteiger partial charge in [-0.15, -0.1) is 0 Å². The van der Waals surface area contributed by atoms with Crippen LogP contribution in [-0.4, -0.2) is 44.7 Å². The van der Waals surface area contributed by atoms with Crippen LogP contribution in [0.3, 0.4) is 0 Å². The molecular weight excluding hydrogens is 326 g/mol. The third-order valence-corrected chi connectivity index (χ3v) is 4.40. The minimum atomic E-state index is -3.43. The minimum absolute atomic E-state index is 0.0682. The van der Waals surface area contributed by atoms with Gasteiger partial charge in [0.15, 0.2) is 0 Å². The van der Waals surface area contributed by atoms with E-state index in [1.165, 1.54) is 11.6 Å². The summed E-state index contributed by atoms with van der Waals surface area (Å²) >= 11 is 0. The van der Waals surface area contributed by atoms with Gasteiger partial charge in [-0.25, -0.2) is 0 Å². The Balaban J connectivity index is 1.79. The van der Waals surface area contributed by atoms with Gasteiger partial charge >= 0.3 is 0 Å². The first kappa shape index (κ1) is 18.4. The van der Waals surface area contributed by atoms with Crippen LogP contribution in [0, 0.1) is 6.92 Å². The Labute approximate surface area is 143 Å². The number of allylic oxidation sites excluding steroid dienone is 2. The molecule has 1 aromatic carbocycles. The fourth-order valence-electron chi connectivity index (χ4n) is 2.51. The van der Waals surface area contributed by atoms with Crippen molar-refractivity contribution in [1.29, 1.82) is 0 Å². The van der Waals surface area contributed by atoms with E-state index in [9.17, 15) is 13.2 Å². The van der Waals surface area contributed by atoms with Crippen molar-refractivity contribution in [3.63, 3.8) is 0 Å². The van der Waals surface area contributed by atoms with Gasteiger partial charge in [0.05, 0.1) is 12.4 Å². The van der Waals surface area contributed by atoms with Gasteiger partial charge in [0.25, 0.3) is 10.1 Å². The Morgan fingerprint density at radius 2 is 1.79 bits per heavy atom. The van der Waals surface area contributed by atoms with Crippen molar-refractivity contribution < 1.29 is 17.4 Å². The lowest BCUT2D eigenvalue weighted by molar-refractivity contribution is -0.127. The van der Waals surface area contributed by atoms with Crippen LogP contribution in [0.15, 0.2) is 42.5 Å². The maximum absolute atomic E-state index is 12.1. The van der Waals surface area contributed by atoms with Crippen molar-refractivity contribution in [2.45, 2.75) is 25.9 Å². The Morgan fingerprint density at radius 1 is 1.17 bits per heavy atom.